The van der Waals surface area contributed by atoms with Crippen molar-refractivity contribution in [3.8, 4) is 0 Å². The molecule has 0 radical (unpaired) electrons. The Kier molecular flexibility index (Phi) is 7.02. The Balaban J connectivity index is 1.75. The van der Waals surface area contributed by atoms with E-state index in [1.165, 1.54) is 0 Å². The van der Waals surface area contributed by atoms with E-state index in [1.54, 1.807) is 0 Å². The molecule has 6 heteroatoms. The van der Waals surface area contributed by atoms with Gasteiger partial charge in [-0.25, -0.2) is 0 Å². The van der Waals surface area contributed by atoms with Crippen molar-refractivity contribution in [3.63, 3.8) is 0 Å². The van der Waals surface area contributed by atoms with Crippen molar-refractivity contribution in [2.45, 2.75) is 62.4 Å². The van der Waals surface area contributed by atoms with Gasteiger partial charge < -0.3 is 18.3 Å². The van der Waals surface area contributed by atoms with E-state index in [0.29, 0.717) is 0 Å². The van der Waals surface area contributed by atoms with E-state index >= 15 is 0 Å². The van der Waals surface area contributed by atoms with E-state index < -0.39 is 37.1 Å². The third kappa shape index (κ3) is 4.37. The van der Waals surface area contributed by atoms with Crippen molar-refractivity contribution in [2.24, 2.45) is 0 Å². The molecule has 0 aromatic heterocycles. The molecule has 4 aromatic carbocycles. The van der Waals surface area contributed by atoms with Gasteiger partial charge in [-0.15, -0.1) is 0 Å². The van der Waals surface area contributed by atoms with Crippen LogP contribution in [0.1, 0.15) is 49.9 Å². The lowest BCUT2D eigenvalue weighted by Crippen LogP contribution is -2.53. The molecule has 0 N–H and O–H groups in total. The van der Waals surface area contributed by atoms with Gasteiger partial charge in [0.1, 0.15) is 23.4 Å². The molecule has 0 bridgehead atoms. The van der Waals surface area contributed by atoms with Crippen LogP contribution in [0.3, 0.4) is 0 Å². The van der Waals surface area contributed by atoms with Gasteiger partial charge in [0.2, 0.25) is 0 Å². The van der Waals surface area contributed by atoms with Gasteiger partial charge in [0.15, 0.2) is 5.79 Å². The molecular formula is C34H35ClO4Si. The molecule has 0 aliphatic carbocycles. The van der Waals surface area contributed by atoms with E-state index in [9.17, 15) is 0 Å². The van der Waals surface area contributed by atoms with Gasteiger partial charge in [0.05, 0.1) is 0 Å². The molecule has 2 aliphatic heterocycles. The van der Waals surface area contributed by atoms with Gasteiger partial charge in [-0.1, -0.05) is 146 Å². The van der Waals surface area contributed by atoms with Crippen LogP contribution in [0.15, 0.2) is 121 Å². The highest BCUT2D eigenvalue weighted by Crippen LogP contribution is 2.59. The van der Waals surface area contributed by atoms with Gasteiger partial charge in [-0.3, -0.25) is 0 Å². The summed E-state index contributed by atoms with van der Waals surface area (Å²) in [7, 11) is -3.57. The van der Waals surface area contributed by atoms with E-state index in [4.69, 9.17) is 29.4 Å². The molecular weight excluding hydrogens is 536 g/mol. The fourth-order valence-corrected chi connectivity index (χ4v) is 8.96. The zero-order chi connectivity index (χ0) is 28.0. The highest BCUT2D eigenvalue weighted by atomic mass is 35.6. The quantitative estimate of drug-likeness (QED) is 0.180. The Morgan fingerprint density at radius 1 is 0.550 bits per heavy atom. The molecule has 0 spiro atoms. The maximum atomic E-state index is 7.75. The average molecular weight is 571 g/mol. The molecule has 4 aromatic rings. The molecule has 2 atom stereocenters. The lowest BCUT2D eigenvalue weighted by Gasteiger charge is -2.43. The summed E-state index contributed by atoms with van der Waals surface area (Å²) >= 11 is 7.75. The first-order chi connectivity index (χ1) is 19.2. The van der Waals surface area contributed by atoms with Crippen molar-refractivity contribution in [3.05, 3.63) is 144 Å². The molecule has 2 fully saturated rings. The predicted molar refractivity (Wildman–Crippen MR) is 160 cm³/mol. The van der Waals surface area contributed by atoms with Crippen LogP contribution in [0.2, 0.25) is 5.54 Å². The molecule has 0 amide bonds. The van der Waals surface area contributed by atoms with Crippen molar-refractivity contribution in [2.75, 3.05) is 0 Å². The SMILES string of the molecule is CC(C)[Si]1(Cl)OC(c2ccccc2)(c2ccccc2)[C@@H]2OC(C)(C)O[C@H]2C(c2ccccc2)(c2ccccc2)O1. The predicted octanol–water partition coefficient (Wildman–Crippen LogP) is 8.03. The largest absolute Gasteiger partial charge is 0.447 e. The number of benzene rings is 4. The second kappa shape index (κ2) is 10.2. The van der Waals surface area contributed by atoms with Gasteiger partial charge >= 0.3 is 7.87 Å². The van der Waals surface area contributed by atoms with Crippen LogP contribution < -0.4 is 0 Å². The number of hydrogen-bond donors (Lipinski definition) is 0. The zero-order valence-electron chi connectivity index (χ0n) is 23.3. The fourth-order valence-electron chi connectivity index (χ4n) is 6.14. The molecule has 2 heterocycles. The number of hydrogen-bond acceptors (Lipinski definition) is 4. The standard InChI is InChI=1S/C34H35ClO4Si/c1-25(2)40(35)38-33(26-17-9-5-10-18-26,27-19-11-6-12-20-27)30-31(37-32(3,4)36-30)34(39-40,28-21-13-7-14-22-28)29-23-15-8-16-24-29/h5-25,30-31H,1-4H3/t30-,31-/m1/s1. The molecule has 0 saturated carbocycles. The minimum Gasteiger partial charge on any atom is -0.366 e. The van der Waals surface area contributed by atoms with Crippen LogP contribution in [-0.4, -0.2) is 25.9 Å². The molecule has 206 valence electrons. The van der Waals surface area contributed by atoms with Crippen LogP contribution in [0.4, 0.5) is 0 Å². The third-order valence-corrected chi connectivity index (χ3v) is 12.4. The maximum absolute atomic E-state index is 7.75. The summed E-state index contributed by atoms with van der Waals surface area (Å²) in [6.07, 6.45) is -1.22. The summed E-state index contributed by atoms with van der Waals surface area (Å²) in [5.74, 6) is -0.919. The summed E-state index contributed by atoms with van der Waals surface area (Å²) in [5.41, 5.74) is 1.44. The fraction of sp³-hybridized carbons (Fsp3) is 0.294. The van der Waals surface area contributed by atoms with Gasteiger partial charge in [0, 0.05) is 5.54 Å². The van der Waals surface area contributed by atoms with E-state index in [-0.39, 0.29) is 5.54 Å². The van der Waals surface area contributed by atoms with Gasteiger partial charge in [-0.05, 0) is 36.1 Å². The summed E-state index contributed by atoms with van der Waals surface area (Å²) in [6, 6.07) is 40.9. The van der Waals surface area contributed by atoms with Crippen molar-refractivity contribution >= 4 is 18.9 Å². The van der Waals surface area contributed by atoms with Crippen molar-refractivity contribution in [1.82, 2.24) is 0 Å². The second-order valence-corrected chi connectivity index (χ2v) is 15.7. The second-order valence-electron chi connectivity index (χ2n) is 11.4. The van der Waals surface area contributed by atoms with E-state index in [1.807, 2.05) is 86.6 Å². The average Bonchev–Trinajstić information content (AvgIpc) is 3.27. The summed E-state index contributed by atoms with van der Waals surface area (Å²) < 4.78 is 28.7. The van der Waals surface area contributed by atoms with Crippen molar-refractivity contribution in [1.29, 1.82) is 0 Å². The topological polar surface area (TPSA) is 36.9 Å². The Labute approximate surface area is 242 Å². The summed E-state index contributed by atoms with van der Waals surface area (Å²) in [4.78, 5) is 0. The number of ether oxygens (including phenoxy) is 2. The van der Waals surface area contributed by atoms with Crippen LogP contribution in [0.5, 0.6) is 0 Å². The first kappa shape index (κ1) is 27.4. The van der Waals surface area contributed by atoms with Crippen LogP contribution in [0.25, 0.3) is 0 Å². The van der Waals surface area contributed by atoms with Gasteiger partial charge in [0.25, 0.3) is 0 Å². The Bertz CT molecular complexity index is 1250. The third-order valence-electron chi connectivity index (χ3n) is 8.00. The van der Waals surface area contributed by atoms with E-state index in [0.717, 1.165) is 22.3 Å². The van der Waals surface area contributed by atoms with Crippen LogP contribution in [-0.2, 0) is 29.5 Å². The molecule has 40 heavy (non-hydrogen) atoms. The highest BCUT2D eigenvalue weighted by Gasteiger charge is 2.70. The molecule has 2 aliphatic rings. The lowest BCUT2D eigenvalue weighted by molar-refractivity contribution is -0.179. The Hall–Kier alpha value is -2.77. The Morgan fingerprint density at radius 3 is 1.07 bits per heavy atom. The minimum atomic E-state index is -3.57. The number of halogens is 1. The lowest BCUT2D eigenvalue weighted by atomic mass is 9.72. The molecule has 4 nitrogen and oxygen atoms in total. The van der Waals surface area contributed by atoms with E-state index in [2.05, 4.69) is 62.4 Å². The first-order valence-corrected chi connectivity index (χ1v) is 16.8. The smallest absolute Gasteiger partial charge is 0.366 e. The normalized spacial score (nSPS) is 24.2. The maximum Gasteiger partial charge on any atom is 0.447 e. The van der Waals surface area contributed by atoms with Gasteiger partial charge in [-0.2, -0.15) is 0 Å². The molecule has 2 saturated heterocycles. The minimum absolute atomic E-state index is 0.111. The van der Waals surface area contributed by atoms with Crippen LogP contribution in [0, 0.1) is 0 Å². The monoisotopic (exact) mass is 570 g/mol. The summed E-state index contributed by atoms with van der Waals surface area (Å²) in [6.45, 7) is 8.06. The molecule has 6 rings (SSSR count). The molecule has 0 unspecified atom stereocenters. The first-order valence-electron chi connectivity index (χ1n) is 13.9. The number of rotatable bonds is 5. The summed E-state index contributed by atoms with van der Waals surface area (Å²) in [5, 5.41) is 0. The van der Waals surface area contributed by atoms with Crippen LogP contribution >= 0.6 is 11.1 Å². The highest BCUT2D eigenvalue weighted by molar-refractivity contribution is 7.13. The zero-order valence-corrected chi connectivity index (χ0v) is 25.0. The van der Waals surface area contributed by atoms with Crippen molar-refractivity contribution < 1.29 is 18.3 Å². The Morgan fingerprint density at radius 2 is 0.825 bits per heavy atom. The number of fused-ring (bicyclic) bond motifs is 1.